The van der Waals surface area contributed by atoms with Gasteiger partial charge in [-0.05, 0) is 32.2 Å². The highest BCUT2D eigenvalue weighted by Gasteiger charge is 2.36. The fraction of sp³-hybridized carbons (Fsp3) is 0.800. The van der Waals surface area contributed by atoms with Gasteiger partial charge in [0.15, 0.2) is 0 Å². The Kier molecular flexibility index (Phi) is 3.93. The van der Waals surface area contributed by atoms with Crippen molar-refractivity contribution >= 4 is 11.9 Å². The Labute approximate surface area is 99.1 Å². The molecular formula is C10H17N3O4. The highest BCUT2D eigenvalue weighted by molar-refractivity contribution is 5.78. The number of nitrogens with zero attached hydrogens (tertiary/aromatic N) is 1. The SMILES string of the molecule is NOC(=O)[C@@H]1CCCN1OC(=O)C1CCCN1. The first-order chi connectivity index (χ1) is 8.22. The number of hydrogen-bond donors (Lipinski definition) is 2. The van der Waals surface area contributed by atoms with Crippen LogP contribution >= 0.6 is 0 Å². The van der Waals surface area contributed by atoms with Gasteiger partial charge < -0.3 is 15.0 Å². The van der Waals surface area contributed by atoms with Gasteiger partial charge in [-0.25, -0.2) is 9.59 Å². The smallest absolute Gasteiger partial charge is 0.345 e. The Morgan fingerprint density at radius 3 is 2.71 bits per heavy atom. The van der Waals surface area contributed by atoms with Crippen LogP contribution in [0, 0.1) is 0 Å². The van der Waals surface area contributed by atoms with Gasteiger partial charge in [-0.2, -0.15) is 5.90 Å². The van der Waals surface area contributed by atoms with Crippen LogP contribution in [-0.4, -0.2) is 42.2 Å². The minimum atomic E-state index is -0.564. The largest absolute Gasteiger partial charge is 0.372 e. The lowest BCUT2D eigenvalue weighted by Gasteiger charge is -2.22. The van der Waals surface area contributed by atoms with Crippen molar-refractivity contribution in [2.45, 2.75) is 37.8 Å². The van der Waals surface area contributed by atoms with Crippen molar-refractivity contribution in [1.29, 1.82) is 0 Å². The summed E-state index contributed by atoms with van der Waals surface area (Å²) in [6.07, 6.45) is 3.12. The molecule has 2 saturated heterocycles. The molecule has 3 N–H and O–H groups in total. The number of carbonyl (C=O) groups excluding carboxylic acids is 2. The van der Waals surface area contributed by atoms with E-state index >= 15 is 0 Å². The zero-order valence-corrected chi connectivity index (χ0v) is 9.55. The molecule has 96 valence electrons. The first kappa shape index (κ1) is 12.3. The molecule has 2 fully saturated rings. The van der Waals surface area contributed by atoms with E-state index in [0.29, 0.717) is 13.0 Å². The molecule has 0 spiro atoms. The number of nitrogens with two attached hydrogens (primary N) is 1. The summed E-state index contributed by atoms with van der Waals surface area (Å²) in [5.74, 6) is 3.94. The van der Waals surface area contributed by atoms with E-state index in [4.69, 9.17) is 10.7 Å². The monoisotopic (exact) mass is 243 g/mol. The number of carbonyl (C=O) groups is 2. The van der Waals surface area contributed by atoms with E-state index in [1.807, 2.05) is 0 Å². The molecule has 17 heavy (non-hydrogen) atoms. The molecule has 0 saturated carbocycles. The Bertz CT molecular complexity index is 304. The molecule has 2 rings (SSSR count). The maximum absolute atomic E-state index is 11.7. The van der Waals surface area contributed by atoms with E-state index in [-0.39, 0.29) is 12.0 Å². The number of rotatable bonds is 3. The lowest BCUT2D eigenvalue weighted by atomic mass is 10.2. The van der Waals surface area contributed by atoms with E-state index in [2.05, 4.69) is 10.2 Å². The molecule has 7 nitrogen and oxygen atoms in total. The molecule has 2 aliphatic heterocycles. The Balaban J connectivity index is 1.88. The van der Waals surface area contributed by atoms with E-state index in [0.717, 1.165) is 25.8 Å². The zero-order chi connectivity index (χ0) is 12.3. The van der Waals surface area contributed by atoms with Crippen LogP contribution in [-0.2, 0) is 19.3 Å². The summed E-state index contributed by atoms with van der Waals surface area (Å²) in [6.45, 7) is 1.37. The van der Waals surface area contributed by atoms with Crippen molar-refractivity contribution < 1.29 is 19.3 Å². The van der Waals surface area contributed by atoms with Crippen LogP contribution in [0.3, 0.4) is 0 Å². The average molecular weight is 243 g/mol. The molecule has 1 unspecified atom stereocenters. The summed E-state index contributed by atoms with van der Waals surface area (Å²) in [5.41, 5.74) is 0. The third kappa shape index (κ3) is 2.74. The second kappa shape index (κ2) is 5.44. The standard InChI is InChI=1S/C10H17N3O4/c11-16-10(15)8-4-2-6-13(8)17-9(14)7-3-1-5-12-7/h7-8,12H,1-6,11H2/t7?,8-/m0/s1. The van der Waals surface area contributed by atoms with E-state index < -0.39 is 12.0 Å². The quantitative estimate of drug-likeness (QED) is 0.619. The van der Waals surface area contributed by atoms with Gasteiger partial charge in [0.25, 0.3) is 0 Å². The Morgan fingerprint density at radius 2 is 2.06 bits per heavy atom. The van der Waals surface area contributed by atoms with Crippen LogP contribution in [0.2, 0.25) is 0 Å². The molecule has 0 amide bonds. The summed E-state index contributed by atoms with van der Waals surface area (Å²) < 4.78 is 0. The van der Waals surface area contributed by atoms with Gasteiger partial charge in [0.05, 0.1) is 0 Å². The molecule has 2 aliphatic rings. The maximum Gasteiger partial charge on any atom is 0.345 e. The van der Waals surface area contributed by atoms with Crippen molar-refractivity contribution in [3.8, 4) is 0 Å². The van der Waals surface area contributed by atoms with Gasteiger partial charge in [0.1, 0.15) is 12.1 Å². The summed E-state index contributed by atoms with van der Waals surface area (Å²) in [4.78, 5) is 32.5. The first-order valence-corrected chi connectivity index (χ1v) is 5.85. The molecule has 0 bridgehead atoms. The minimum absolute atomic E-state index is 0.259. The van der Waals surface area contributed by atoms with Crippen LogP contribution in [0.4, 0.5) is 0 Å². The average Bonchev–Trinajstić information content (AvgIpc) is 2.98. The number of nitrogens with one attached hydrogen (secondary N) is 1. The topological polar surface area (TPSA) is 93.9 Å². The zero-order valence-electron chi connectivity index (χ0n) is 9.55. The molecular weight excluding hydrogens is 226 g/mol. The van der Waals surface area contributed by atoms with Crippen molar-refractivity contribution in [3.63, 3.8) is 0 Å². The fourth-order valence-electron chi connectivity index (χ4n) is 2.23. The third-order valence-corrected chi connectivity index (χ3v) is 3.14. The summed E-state index contributed by atoms with van der Waals surface area (Å²) >= 11 is 0. The highest BCUT2D eigenvalue weighted by atomic mass is 16.7. The summed E-state index contributed by atoms with van der Waals surface area (Å²) in [6, 6.07) is -0.824. The molecule has 7 heteroatoms. The fourth-order valence-corrected chi connectivity index (χ4v) is 2.23. The molecule has 0 aromatic carbocycles. The molecule has 0 aromatic heterocycles. The normalized spacial score (nSPS) is 29.2. The van der Waals surface area contributed by atoms with Crippen LogP contribution in [0.25, 0.3) is 0 Å². The van der Waals surface area contributed by atoms with Crippen LogP contribution < -0.4 is 11.2 Å². The minimum Gasteiger partial charge on any atom is -0.372 e. The van der Waals surface area contributed by atoms with Crippen molar-refractivity contribution in [2.75, 3.05) is 13.1 Å². The van der Waals surface area contributed by atoms with Gasteiger partial charge >= 0.3 is 11.9 Å². The summed E-state index contributed by atoms with van der Waals surface area (Å²) in [7, 11) is 0. The third-order valence-electron chi connectivity index (χ3n) is 3.14. The maximum atomic E-state index is 11.7. The molecule has 2 atom stereocenters. The predicted molar refractivity (Wildman–Crippen MR) is 57.1 cm³/mol. The molecule has 0 aromatic rings. The van der Waals surface area contributed by atoms with E-state index in [1.54, 1.807) is 0 Å². The molecule has 2 heterocycles. The van der Waals surface area contributed by atoms with Gasteiger partial charge in [0.2, 0.25) is 0 Å². The van der Waals surface area contributed by atoms with E-state index in [9.17, 15) is 9.59 Å². The van der Waals surface area contributed by atoms with Crippen molar-refractivity contribution in [3.05, 3.63) is 0 Å². The van der Waals surface area contributed by atoms with Crippen LogP contribution in [0.1, 0.15) is 25.7 Å². The number of hydroxylamine groups is 2. The molecule has 0 radical (unpaired) electrons. The highest BCUT2D eigenvalue weighted by Crippen LogP contribution is 2.19. The Hall–Kier alpha value is -1.18. The number of hydrogen-bond acceptors (Lipinski definition) is 7. The van der Waals surface area contributed by atoms with Crippen molar-refractivity contribution in [2.24, 2.45) is 5.90 Å². The van der Waals surface area contributed by atoms with Gasteiger partial charge in [-0.15, -0.1) is 5.06 Å². The van der Waals surface area contributed by atoms with Crippen LogP contribution in [0.5, 0.6) is 0 Å². The first-order valence-electron chi connectivity index (χ1n) is 5.85. The van der Waals surface area contributed by atoms with Gasteiger partial charge in [0, 0.05) is 6.54 Å². The van der Waals surface area contributed by atoms with Crippen LogP contribution in [0.15, 0.2) is 0 Å². The van der Waals surface area contributed by atoms with E-state index in [1.165, 1.54) is 5.06 Å². The predicted octanol–water partition coefficient (Wildman–Crippen LogP) is -0.922. The second-order valence-electron chi connectivity index (χ2n) is 4.29. The van der Waals surface area contributed by atoms with Gasteiger partial charge in [-0.3, -0.25) is 0 Å². The van der Waals surface area contributed by atoms with Gasteiger partial charge in [-0.1, -0.05) is 0 Å². The lowest BCUT2D eigenvalue weighted by Crippen LogP contribution is -2.43. The lowest BCUT2D eigenvalue weighted by molar-refractivity contribution is -0.202. The second-order valence-corrected chi connectivity index (χ2v) is 4.29. The van der Waals surface area contributed by atoms with Crippen molar-refractivity contribution in [1.82, 2.24) is 10.4 Å². The summed E-state index contributed by atoms with van der Waals surface area (Å²) in [5, 5.41) is 4.42. The molecule has 0 aliphatic carbocycles. The Morgan fingerprint density at radius 1 is 1.24 bits per heavy atom.